The molecule has 28 heavy (non-hydrogen) atoms. The van der Waals surface area contributed by atoms with Crippen molar-refractivity contribution < 1.29 is 4.79 Å². The molecule has 0 atom stereocenters. The molecular formula is C21H28N6O. The molecule has 1 aromatic heterocycles. The fourth-order valence-electron chi connectivity index (χ4n) is 4.05. The third-order valence-corrected chi connectivity index (χ3v) is 5.68. The van der Waals surface area contributed by atoms with Crippen LogP contribution in [0, 0.1) is 6.92 Å². The van der Waals surface area contributed by atoms with Crippen LogP contribution in [-0.2, 0) is 11.3 Å². The molecule has 7 heteroatoms. The molecule has 1 saturated heterocycles. The van der Waals surface area contributed by atoms with E-state index in [0.29, 0.717) is 13.1 Å². The number of hydrogen-bond acceptors (Lipinski definition) is 6. The van der Waals surface area contributed by atoms with Gasteiger partial charge in [-0.2, -0.15) is 0 Å². The predicted octanol–water partition coefficient (Wildman–Crippen LogP) is 1.91. The second-order valence-corrected chi connectivity index (χ2v) is 7.60. The van der Waals surface area contributed by atoms with Gasteiger partial charge in [0, 0.05) is 38.9 Å². The van der Waals surface area contributed by atoms with Gasteiger partial charge in [-0.25, -0.2) is 9.97 Å². The average molecular weight is 380 g/mol. The Kier molecular flexibility index (Phi) is 5.17. The fraction of sp³-hybridized carbons (Fsp3) is 0.476. The number of piperazine rings is 1. The van der Waals surface area contributed by atoms with E-state index in [0.717, 1.165) is 61.2 Å². The summed E-state index contributed by atoms with van der Waals surface area (Å²) in [4.78, 5) is 30.8. The van der Waals surface area contributed by atoms with Crippen molar-refractivity contribution in [2.75, 3.05) is 61.0 Å². The van der Waals surface area contributed by atoms with Crippen LogP contribution in [0.25, 0.3) is 0 Å². The maximum absolute atomic E-state index is 13.0. The van der Waals surface area contributed by atoms with Crippen LogP contribution in [0.3, 0.4) is 0 Å². The summed E-state index contributed by atoms with van der Waals surface area (Å²) in [6, 6.07) is 8.11. The van der Waals surface area contributed by atoms with Crippen molar-refractivity contribution in [2.45, 2.75) is 20.4 Å². The molecule has 0 unspecified atom stereocenters. The van der Waals surface area contributed by atoms with E-state index >= 15 is 0 Å². The van der Waals surface area contributed by atoms with Crippen LogP contribution < -0.4 is 14.7 Å². The number of rotatable bonds is 3. The topological polar surface area (TPSA) is 55.8 Å². The summed E-state index contributed by atoms with van der Waals surface area (Å²) in [5.74, 6) is 1.89. The maximum Gasteiger partial charge on any atom is 0.246 e. The molecular weight excluding hydrogens is 352 g/mol. The average Bonchev–Trinajstić information content (AvgIpc) is 2.84. The fourth-order valence-corrected chi connectivity index (χ4v) is 4.05. The molecule has 0 spiro atoms. The molecule has 148 valence electrons. The zero-order valence-corrected chi connectivity index (χ0v) is 16.9. The third-order valence-electron chi connectivity index (χ3n) is 5.68. The first kappa shape index (κ1) is 18.7. The van der Waals surface area contributed by atoms with Gasteiger partial charge in [-0.1, -0.05) is 19.1 Å². The monoisotopic (exact) mass is 380 g/mol. The van der Waals surface area contributed by atoms with Crippen LogP contribution in [0.4, 0.5) is 17.3 Å². The number of likely N-dealkylation sites (N-methyl/N-ethyl adjacent to an activating group) is 2. The standard InChI is InChI=1S/C21H28N6O/c1-4-25-8-10-26(11-9-25)21-18-13-27(17-7-5-6-16(2)12-17)19(28)14-24(3)20(18)22-15-23-21/h5-7,12,15H,4,8-11,13-14H2,1-3H3. The lowest BCUT2D eigenvalue weighted by atomic mass is 10.1. The van der Waals surface area contributed by atoms with E-state index in [4.69, 9.17) is 0 Å². The van der Waals surface area contributed by atoms with Gasteiger partial charge in [0.2, 0.25) is 5.91 Å². The van der Waals surface area contributed by atoms with E-state index in [1.807, 2.05) is 42.0 Å². The van der Waals surface area contributed by atoms with E-state index in [2.05, 4.69) is 32.8 Å². The molecule has 0 bridgehead atoms. The van der Waals surface area contributed by atoms with E-state index in [-0.39, 0.29) is 5.91 Å². The molecule has 1 fully saturated rings. The van der Waals surface area contributed by atoms with Gasteiger partial charge >= 0.3 is 0 Å². The largest absolute Gasteiger partial charge is 0.354 e. The third kappa shape index (κ3) is 3.54. The van der Waals surface area contributed by atoms with Gasteiger partial charge in [-0.15, -0.1) is 0 Å². The first-order valence-electron chi connectivity index (χ1n) is 9.96. The van der Waals surface area contributed by atoms with Gasteiger partial charge < -0.3 is 19.6 Å². The van der Waals surface area contributed by atoms with Gasteiger partial charge in [0.25, 0.3) is 0 Å². The summed E-state index contributed by atoms with van der Waals surface area (Å²) in [7, 11) is 1.93. The lowest BCUT2D eigenvalue weighted by Crippen LogP contribution is -2.47. The summed E-state index contributed by atoms with van der Waals surface area (Å²) in [6.45, 7) is 10.1. The van der Waals surface area contributed by atoms with E-state index in [1.54, 1.807) is 6.33 Å². The summed E-state index contributed by atoms with van der Waals surface area (Å²) >= 11 is 0. The molecule has 2 aliphatic heterocycles. The summed E-state index contributed by atoms with van der Waals surface area (Å²) < 4.78 is 0. The smallest absolute Gasteiger partial charge is 0.246 e. The second kappa shape index (κ2) is 7.75. The molecule has 0 N–H and O–H groups in total. The number of carbonyl (C=O) groups excluding carboxylic acids is 1. The van der Waals surface area contributed by atoms with Crippen molar-refractivity contribution in [1.82, 2.24) is 14.9 Å². The molecule has 7 nitrogen and oxygen atoms in total. The molecule has 1 aromatic carbocycles. The summed E-state index contributed by atoms with van der Waals surface area (Å²) in [6.07, 6.45) is 1.63. The van der Waals surface area contributed by atoms with Crippen LogP contribution in [-0.4, -0.2) is 67.1 Å². The molecule has 4 rings (SSSR count). The molecule has 0 radical (unpaired) electrons. The highest BCUT2D eigenvalue weighted by Gasteiger charge is 2.30. The predicted molar refractivity (Wildman–Crippen MR) is 112 cm³/mol. The summed E-state index contributed by atoms with van der Waals surface area (Å²) in [5.41, 5.74) is 3.10. The Morgan fingerprint density at radius 1 is 1.04 bits per heavy atom. The zero-order chi connectivity index (χ0) is 19.7. The number of nitrogens with zero attached hydrogens (tertiary/aromatic N) is 6. The minimum absolute atomic E-state index is 0.0767. The molecule has 2 aromatic rings. The molecule has 0 saturated carbocycles. The SMILES string of the molecule is CCN1CCN(c2ncnc3c2CN(c2cccc(C)c2)C(=O)CN3C)CC1. The zero-order valence-electron chi connectivity index (χ0n) is 16.9. The maximum atomic E-state index is 13.0. The molecule has 1 amide bonds. The summed E-state index contributed by atoms with van der Waals surface area (Å²) in [5, 5.41) is 0. The van der Waals surface area contributed by atoms with Crippen molar-refractivity contribution in [3.05, 3.63) is 41.7 Å². The number of anilines is 3. The Balaban J connectivity index is 1.71. The van der Waals surface area contributed by atoms with Gasteiger partial charge in [-0.05, 0) is 31.2 Å². The van der Waals surface area contributed by atoms with Crippen molar-refractivity contribution in [3.63, 3.8) is 0 Å². The number of aromatic nitrogens is 2. The van der Waals surface area contributed by atoms with Crippen LogP contribution in [0.2, 0.25) is 0 Å². The van der Waals surface area contributed by atoms with Gasteiger partial charge in [-0.3, -0.25) is 4.79 Å². The molecule has 0 aliphatic carbocycles. The van der Waals surface area contributed by atoms with Crippen LogP contribution >= 0.6 is 0 Å². The van der Waals surface area contributed by atoms with Gasteiger partial charge in [0.15, 0.2) is 0 Å². The Morgan fingerprint density at radius 2 is 1.79 bits per heavy atom. The molecule has 3 heterocycles. The normalized spacial score (nSPS) is 18.2. The lowest BCUT2D eigenvalue weighted by molar-refractivity contribution is -0.117. The number of carbonyl (C=O) groups is 1. The number of benzene rings is 1. The Morgan fingerprint density at radius 3 is 2.50 bits per heavy atom. The quantitative estimate of drug-likeness (QED) is 0.811. The van der Waals surface area contributed by atoms with Gasteiger partial charge in [0.05, 0.1) is 18.7 Å². The van der Waals surface area contributed by atoms with Crippen molar-refractivity contribution in [3.8, 4) is 0 Å². The van der Waals surface area contributed by atoms with Crippen LogP contribution in [0.15, 0.2) is 30.6 Å². The van der Waals surface area contributed by atoms with E-state index in [9.17, 15) is 4.79 Å². The minimum Gasteiger partial charge on any atom is -0.354 e. The van der Waals surface area contributed by atoms with E-state index < -0.39 is 0 Å². The highest BCUT2D eigenvalue weighted by atomic mass is 16.2. The van der Waals surface area contributed by atoms with Crippen LogP contribution in [0.1, 0.15) is 18.1 Å². The Labute approximate surface area is 166 Å². The Bertz CT molecular complexity index is 862. The van der Waals surface area contributed by atoms with Gasteiger partial charge in [0.1, 0.15) is 18.0 Å². The first-order valence-corrected chi connectivity index (χ1v) is 9.96. The number of amides is 1. The number of hydrogen-bond donors (Lipinski definition) is 0. The van der Waals surface area contributed by atoms with Crippen molar-refractivity contribution >= 4 is 23.2 Å². The molecule has 2 aliphatic rings. The van der Waals surface area contributed by atoms with Crippen molar-refractivity contribution in [1.29, 1.82) is 0 Å². The van der Waals surface area contributed by atoms with Crippen LogP contribution in [0.5, 0.6) is 0 Å². The minimum atomic E-state index is 0.0767. The second-order valence-electron chi connectivity index (χ2n) is 7.60. The highest BCUT2D eigenvalue weighted by molar-refractivity contribution is 5.98. The Hall–Kier alpha value is -2.67. The highest BCUT2D eigenvalue weighted by Crippen LogP contribution is 2.32. The van der Waals surface area contributed by atoms with E-state index in [1.165, 1.54) is 0 Å². The first-order chi connectivity index (χ1) is 13.6. The number of aryl methyl sites for hydroxylation is 1. The van der Waals surface area contributed by atoms with Crippen molar-refractivity contribution in [2.24, 2.45) is 0 Å². The lowest BCUT2D eigenvalue weighted by Gasteiger charge is -2.36. The number of fused-ring (bicyclic) bond motifs is 1.